The Kier molecular flexibility index (Phi) is 8.37. The summed E-state index contributed by atoms with van der Waals surface area (Å²) in [5.74, 6) is -0.975. The molecule has 2 aliphatic carbocycles. The Labute approximate surface area is 256 Å². The van der Waals surface area contributed by atoms with Crippen LogP contribution in [0.4, 0.5) is 5.69 Å². The van der Waals surface area contributed by atoms with Gasteiger partial charge in [0.25, 0.3) is 11.5 Å². The van der Waals surface area contributed by atoms with E-state index in [0.29, 0.717) is 36.1 Å². The van der Waals surface area contributed by atoms with E-state index in [1.807, 2.05) is 36.4 Å². The molecule has 0 unspecified atom stereocenters. The minimum Gasteiger partial charge on any atom is -0.466 e. The number of benzene rings is 3. The van der Waals surface area contributed by atoms with Gasteiger partial charge in [0.1, 0.15) is 5.54 Å². The Morgan fingerprint density at radius 2 is 1.64 bits per heavy atom. The first-order chi connectivity index (χ1) is 21.4. The van der Waals surface area contributed by atoms with Crippen LogP contribution in [-0.4, -0.2) is 39.3 Å². The SMILES string of the molecule is CCOC(=O)Cc1ccc(NC(=O)C2(NC(=O)c3ccc4c(c3)c(=O)n(-c3ccccc3)n4C3CCCCC3)CCC2)cc1. The van der Waals surface area contributed by atoms with Gasteiger partial charge in [-0.25, -0.2) is 4.68 Å². The number of nitrogens with one attached hydrogen (secondary N) is 2. The summed E-state index contributed by atoms with van der Waals surface area (Å²) in [5.41, 5.74) is 2.12. The second kappa shape index (κ2) is 12.5. The number of hydrogen-bond acceptors (Lipinski definition) is 5. The monoisotopic (exact) mass is 594 g/mol. The van der Waals surface area contributed by atoms with Crippen LogP contribution in [0.5, 0.6) is 0 Å². The molecule has 4 aromatic rings. The van der Waals surface area contributed by atoms with Gasteiger partial charge in [0.15, 0.2) is 0 Å². The number of ether oxygens (including phenoxy) is 1. The van der Waals surface area contributed by atoms with Crippen LogP contribution >= 0.6 is 0 Å². The summed E-state index contributed by atoms with van der Waals surface area (Å²) >= 11 is 0. The molecule has 1 aromatic heterocycles. The van der Waals surface area contributed by atoms with Crippen molar-refractivity contribution >= 4 is 34.4 Å². The first-order valence-corrected chi connectivity index (χ1v) is 15.6. The molecule has 2 saturated carbocycles. The number of esters is 1. The van der Waals surface area contributed by atoms with Crippen molar-refractivity contribution < 1.29 is 19.1 Å². The zero-order valence-electron chi connectivity index (χ0n) is 25.0. The molecule has 0 saturated heterocycles. The fraction of sp³-hybridized carbons (Fsp3) is 0.371. The fourth-order valence-corrected chi connectivity index (χ4v) is 6.43. The highest BCUT2D eigenvalue weighted by molar-refractivity contribution is 6.05. The first kappa shape index (κ1) is 29.4. The highest BCUT2D eigenvalue weighted by atomic mass is 16.5. The van der Waals surface area contributed by atoms with Crippen LogP contribution in [0.3, 0.4) is 0 Å². The maximum atomic E-state index is 13.9. The summed E-state index contributed by atoms with van der Waals surface area (Å²) in [6.07, 6.45) is 7.47. The summed E-state index contributed by atoms with van der Waals surface area (Å²) < 4.78 is 8.87. The predicted molar refractivity (Wildman–Crippen MR) is 169 cm³/mol. The molecule has 9 nitrogen and oxygen atoms in total. The van der Waals surface area contributed by atoms with Crippen molar-refractivity contribution in [3.05, 3.63) is 94.3 Å². The number of aromatic nitrogens is 2. The molecule has 2 fully saturated rings. The van der Waals surface area contributed by atoms with Gasteiger partial charge in [0.2, 0.25) is 5.91 Å². The predicted octanol–water partition coefficient (Wildman–Crippen LogP) is 5.69. The van der Waals surface area contributed by atoms with E-state index in [0.717, 1.165) is 48.9 Å². The van der Waals surface area contributed by atoms with Crippen molar-refractivity contribution in [2.45, 2.75) is 76.3 Å². The van der Waals surface area contributed by atoms with Crippen molar-refractivity contribution in [1.29, 1.82) is 0 Å². The maximum Gasteiger partial charge on any atom is 0.310 e. The molecule has 0 atom stereocenters. The van der Waals surface area contributed by atoms with E-state index in [-0.39, 0.29) is 35.8 Å². The van der Waals surface area contributed by atoms with Gasteiger partial charge >= 0.3 is 5.97 Å². The van der Waals surface area contributed by atoms with E-state index in [9.17, 15) is 19.2 Å². The van der Waals surface area contributed by atoms with Gasteiger partial charge in [-0.2, -0.15) is 0 Å². The fourth-order valence-electron chi connectivity index (χ4n) is 6.43. The van der Waals surface area contributed by atoms with E-state index >= 15 is 0 Å². The molecule has 2 N–H and O–H groups in total. The number of nitrogens with zero attached hydrogens (tertiary/aromatic N) is 2. The van der Waals surface area contributed by atoms with Crippen LogP contribution < -0.4 is 16.2 Å². The van der Waals surface area contributed by atoms with Crippen LogP contribution in [0.1, 0.15) is 80.3 Å². The molecule has 0 radical (unpaired) electrons. The topological polar surface area (TPSA) is 111 Å². The summed E-state index contributed by atoms with van der Waals surface area (Å²) in [6, 6.07) is 22.1. The van der Waals surface area contributed by atoms with Gasteiger partial charge in [-0.3, -0.25) is 23.9 Å². The van der Waals surface area contributed by atoms with Crippen molar-refractivity contribution in [3.8, 4) is 5.69 Å². The molecule has 6 rings (SSSR count). The Balaban J connectivity index is 1.23. The lowest BCUT2D eigenvalue weighted by molar-refractivity contribution is -0.142. The number of hydrogen-bond donors (Lipinski definition) is 2. The first-order valence-electron chi connectivity index (χ1n) is 15.6. The van der Waals surface area contributed by atoms with E-state index in [1.54, 1.807) is 48.0 Å². The highest BCUT2D eigenvalue weighted by Crippen LogP contribution is 2.35. The summed E-state index contributed by atoms with van der Waals surface area (Å²) in [6.45, 7) is 2.09. The van der Waals surface area contributed by atoms with Crippen molar-refractivity contribution in [2.75, 3.05) is 11.9 Å². The molecule has 9 heteroatoms. The Morgan fingerprint density at radius 1 is 0.909 bits per heavy atom. The third-order valence-corrected chi connectivity index (χ3v) is 8.93. The van der Waals surface area contributed by atoms with E-state index in [4.69, 9.17) is 4.74 Å². The normalized spacial score (nSPS) is 16.2. The van der Waals surface area contributed by atoms with Crippen LogP contribution in [0.25, 0.3) is 16.6 Å². The van der Waals surface area contributed by atoms with Gasteiger partial charge in [0, 0.05) is 11.3 Å². The van der Waals surface area contributed by atoms with Gasteiger partial charge < -0.3 is 15.4 Å². The lowest BCUT2D eigenvalue weighted by Gasteiger charge is -2.40. The van der Waals surface area contributed by atoms with E-state index in [1.165, 1.54) is 6.42 Å². The molecule has 44 heavy (non-hydrogen) atoms. The summed E-state index contributed by atoms with van der Waals surface area (Å²) in [7, 11) is 0. The largest absolute Gasteiger partial charge is 0.466 e. The Hall–Kier alpha value is -4.66. The highest BCUT2D eigenvalue weighted by Gasteiger charge is 2.45. The van der Waals surface area contributed by atoms with Crippen molar-refractivity contribution in [2.24, 2.45) is 0 Å². The number of carbonyl (C=O) groups is 3. The lowest BCUT2D eigenvalue weighted by atomic mass is 9.75. The zero-order chi connectivity index (χ0) is 30.7. The Morgan fingerprint density at radius 3 is 2.30 bits per heavy atom. The quantitative estimate of drug-likeness (QED) is 0.242. The minimum absolute atomic E-state index is 0.158. The third-order valence-electron chi connectivity index (χ3n) is 8.93. The minimum atomic E-state index is -1.03. The molecule has 1 heterocycles. The molecule has 2 aliphatic rings. The van der Waals surface area contributed by atoms with Gasteiger partial charge in [-0.05, 0) is 87.1 Å². The molecule has 0 aliphatic heterocycles. The molecule has 3 aromatic carbocycles. The number of rotatable bonds is 9. The van der Waals surface area contributed by atoms with Gasteiger partial charge in [0.05, 0.1) is 35.7 Å². The standard InChI is InChI=1S/C35H38N4O5/c1-2-44-31(40)22-24-14-17-26(18-15-24)36-34(43)35(20-9-21-35)37-32(41)25-16-19-30-29(23-25)33(42)39(28-12-7-4-8-13-28)38(30)27-10-5-3-6-11-27/h4,7-8,12-19,23,27H,2-3,5-6,9-11,20-22H2,1H3,(H,36,43)(H,37,41). The second-order valence-corrected chi connectivity index (χ2v) is 11.8. The van der Waals surface area contributed by atoms with E-state index < -0.39 is 5.54 Å². The lowest BCUT2D eigenvalue weighted by Crippen LogP contribution is -2.61. The van der Waals surface area contributed by atoms with Crippen LogP contribution in [0.15, 0.2) is 77.6 Å². The molecule has 0 spiro atoms. The number of fused-ring (bicyclic) bond motifs is 1. The average molecular weight is 595 g/mol. The molecule has 228 valence electrons. The number of amides is 2. The average Bonchev–Trinajstić information content (AvgIpc) is 3.32. The molecule has 2 amide bonds. The van der Waals surface area contributed by atoms with Crippen molar-refractivity contribution in [3.63, 3.8) is 0 Å². The van der Waals surface area contributed by atoms with Gasteiger partial charge in [-0.1, -0.05) is 49.6 Å². The number of para-hydroxylation sites is 1. The van der Waals surface area contributed by atoms with Crippen LogP contribution in [-0.2, 0) is 20.7 Å². The second-order valence-electron chi connectivity index (χ2n) is 11.8. The third kappa shape index (κ3) is 5.78. The van der Waals surface area contributed by atoms with Crippen LogP contribution in [0.2, 0.25) is 0 Å². The summed E-state index contributed by atoms with van der Waals surface area (Å²) in [5, 5.41) is 6.40. The molecular weight excluding hydrogens is 556 g/mol. The zero-order valence-corrected chi connectivity index (χ0v) is 25.0. The van der Waals surface area contributed by atoms with Gasteiger partial charge in [-0.15, -0.1) is 0 Å². The summed E-state index contributed by atoms with van der Waals surface area (Å²) in [4.78, 5) is 52.6. The molecule has 0 bridgehead atoms. The maximum absolute atomic E-state index is 13.9. The van der Waals surface area contributed by atoms with E-state index in [2.05, 4.69) is 15.3 Å². The smallest absolute Gasteiger partial charge is 0.310 e. The van der Waals surface area contributed by atoms with Crippen LogP contribution in [0, 0.1) is 0 Å². The number of anilines is 1. The van der Waals surface area contributed by atoms with Crippen molar-refractivity contribution in [1.82, 2.24) is 14.7 Å². The molecular formula is C35H38N4O5. The Bertz CT molecular complexity index is 1730. The number of carbonyl (C=O) groups excluding carboxylic acids is 3.